The van der Waals surface area contributed by atoms with Crippen LogP contribution in [0.3, 0.4) is 0 Å². The SMILES string of the molecule is Cc1ccccc1NC(C(C)C1=C/C/C=C\C=C/C(C)/C=C\1)n1c2ccc(Nc3ccccc3-c3ccc4ccccc4c3)cc2c2c3ccccc3ccc21. The van der Waals surface area contributed by atoms with Gasteiger partial charge in [-0.2, -0.15) is 0 Å². The number of fused-ring (bicyclic) bond motifs is 6. The van der Waals surface area contributed by atoms with E-state index in [1.165, 1.54) is 65.6 Å². The minimum Gasteiger partial charge on any atom is -0.364 e. The van der Waals surface area contributed by atoms with Crippen LogP contribution in [0.25, 0.3) is 54.5 Å². The lowest BCUT2D eigenvalue weighted by Gasteiger charge is -2.31. The molecule has 0 saturated heterocycles. The van der Waals surface area contributed by atoms with Crippen molar-refractivity contribution in [2.24, 2.45) is 11.8 Å². The molecule has 0 fully saturated rings. The Labute approximate surface area is 330 Å². The summed E-state index contributed by atoms with van der Waals surface area (Å²) in [5.74, 6) is 0.472. The van der Waals surface area contributed by atoms with Gasteiger partial charge in [-0.25, -0.2) is 0 Å². The monoisotopic (exact) mass is 725 g/mol. The molecule has 2 N–H and O–H groups in total. The molecule has 0 aliphatic heterocycles. The topological polar surface area (TPSA) is 29.0 Å². The fourth-order valence-electron chi connectivity index (χ4n) is 8.38. The summed E-state index contributed by atoms with van der Waals surface area (Å²) in [5, 5.41) is 15.4. The average molecular weight is 726 g/mol. The minimum absolute atomic E-state index is 0.0848. The Morgan fingerprint density at radius 2 is 1.38 bits per heavy atom. The normalized spacial score (nSPS) is 18.3. The van der Waals surface area contributed by atoms with Crippen LogP contribution < -0.4 is 10.6 Å². The molecule has 1 aliphatic carbocycles. The number of hydrogen-bond donors (Lipinski definition) is 2. The number of anilines is 3. The Morgan fingerprint density at radius 1 is 0.643 bits per heavy atom. The summed E-state index contributed by atoms with van der Waals surface area (Å²) >= 11 is 0. The zero-order valence-corrected chi connectivity index (χ0v) is 32.3. The molecular weight excluding hydrogens is 679 g/mol. The predicted molar refractivity (Wildman–Crippen MR) is 242 cm³/mol. The zero-order chi connectivity index (χ0) is 38.0. The number of hydrogen-bond acceptors (Lipinski definition) is 2. The van der Waals surface area contributed by atoms with Gasteiger partial charge in [0.2, 0.25) is 0 Å². The van der Waals surface area contributed by atoms with E-state index in [2.05, 4.69) is 224 Å². The summed E-state index contributed by atoms with van der Waals surface area (Å²) in [6.07, 6.45) is 16.7. The van der Waals surface area contributed by atoms with Crippen molar-refractivity contribution in [3.8, 4) is 11.1 Å². The van der Waals surface area contributed by atoms with Crippen LogP contribution in [0.5, 0.6) is 0 Å². The fraction of sp³-hybridized carbons (Fsp3) is 0.132. The van der Waals surface area contributed by atoms with Crippen LogP contribution in [0.15, 0.2) is 194 Å². The molecule has 0 radical (unpaired) electrons. The number of benzene rings is 7. The van der Waals surface area contributed by atoms with Crippen LogP contribution in [0.1, 0.15) is 32.0 Å². The highest BCUT2D eigenvalue weighted by Gasteiger charge is 2.27. The van der Waals surface area contributed by atoms with Crippen LogP contribution in [-0.4, -0.2) is 4.57 Å². The summed E-state index contributed by atoms with van der Waals surface area (Å²) < 4.78 is 2.56. The van der Waals surface area contributed by atoms with E-state index in [-0.39, 0.29) is 12.1 Å². The molecule has 7 aromatic carbocycles. The second kappa shape index (κ2) is 15.3. The van der Waals surface area contributed by atoms with E-state index in [0.29, 0.717) is 5.92 Å². The molecule has 3 nitrogen and oxygen atoms in total. The third-order valence-electron chi connectivity index (χ3n) is 11.4. The van der Waals surface area contributed by atoms with Gasteiger partial charge in [0.1, 0.15) is 6.17 Å². The third kappa shape index (κ3) is 6.82. The summed E-state index contributed by atoms with van der Waals surface area (Å²) in [5.41, 5.74) is 10.6. The summed E-state index contributed by atoms with van der Waals surface area (Å²) in [4.78, 5) is 0. The van der Waals surface area contributed by atoms with Gasteiger partial charge >= 0.3 is 0 Å². The quantitative estimate of drug-likeness (QED) is 0.163. The Bertz CT molecular complexity index is 2850. The van der Waals surface area contributed by atoms with Crippen molar-refractivity contribution in [3.05, 3.63) is 199 Å². The molecule has 0 saturated carbocycles. The molecular formula is C53H47N3. The van der Waals surface area contributed by atoms with E-state index < -0.39 is 0 Å². The maximum atomic E-state index is 4.09. The van der Waals surface area contributed by atoms with Crippen molar-refractivity contribution in [1.82, 2.24) is 4.57 Å². The molecule has 0 amide bonds. The molecule has 56 heavy (non-hydrogen) atoms. The second-order valence-corrected chi connectivity index (χ2v) is 15.2. The molecule has 3 unspecified atom stereocenters. The average Bonchev–Trinajstić information content (AvgIpc) is 3.56. The van der Waals surface area contributed by atoms with Crippen LogP contribution in [0, 0.1) is 18.8 Å². The maximum absolute atomic E-state index is 4.09. The molecule has 0 spiro atoms. The van der Waals surface area contributed by atoms with E-state index in [1.807, 2.05) is 0 Å². The first kappa shape index (κ1) is 35.1. The van der Waals surface area contributed by atoms with Gasteiger partial charge in [0.15, 0.2) is 0 Å². The number of allylic oxidation sites excluding steroid dienone is 7. The first-order valence-corrected chi connectivity index (χ1v) is 19.9. The largest absolute Gasteiger partial charge is 0.364 e. The van der Waals surface area contributed by atoms with Crippen LogP contribution in [0.2, 0.25) is 0 Å². The van der Waals surface area contributed by atoms with Crippen molar-refractivity contribution in [3.63, 3.8) is 0 Å². The van der Waals surface area contributed by atoms with E-state index in [0.717, 1.165) is 23.5 Å². The van der Waals surface area contributed by atoms with Crippen LogP contribution >= 0.6 is 0 Å². The lowest BCUT2D eigenvalue weighted by molar-refractivity contribution is 0.465. The molecule has 1 aromatic heterocycles. The Morgan fingerprint density at radius 3 is 2.25 bits per heavy atom. The number of rotatable bonds is 8. The highest BCUT2D eigenvalue weighted by Crippen LogP contribution is 2.42. The molecule has 9 rings (SSSR count). The number of para-hydroxylation sites is 2. The van der Waals surface area contributed by atoms with Gasteiger partial charge in [-0.1, -0.05) is 160 Å². The zero-order valence-electron chi connectivity index (χ0n) is 32.3. The highest BCUT2D eigenvalue weighted by atomic mass is 15.2. The van der Waals surface area contributed by atoms with E-state index in [1.54, 1.807) is 0 Å². The van der Waals surface area contributed by atoms with Crippen LogP contribution in [0.4, 0.5) is 17.1 Å². The van der Waals surface area contributed by atoms with Gasteiger partial charge in [0.25, 0.3) is 0 Å². The first-order valence-electron chi connectivity index (χ1n) is 19.9. The van der Waals surface area contributed by atoms with E-state index in [9.17, 15) is 0 Å². The van der Waals surface area contributed by atoms with E-state index in [4.69, 9.17) is 0 Å². The standard InChI is InChI=1S/C53H47N3/c1-36-16-6-4-5-7-18-39(27-26-36)38(3)53(55-48-24-14-8-17-37(48)2)56-50-33-31-44(35-47(50)52-46-23-12-11-20-41(46)30-32-51(52)56)54-49-25-15-13-22-45(49)43-29-28-40-19-9-10-21-42(40)34-43/h4-6,8-36,38,53-55H,7H2,1-3H3/b5-4-,16-6-,27-26-,39-18+. The highest BCUT2D eigenvalue weighted by molar-refractivity contribution is 6.21. The number of nitrogens with one attached hydrogen (secondary N) is 2. The lowest BCUT2D eigenvalue weighted by Crippen LogP contribution is -2.26. The van der Waals surface area contributed by atoms with Gasteiger partial charge in [-0.05, 0) is 100.0 Å². The summed E-state index contributed by atoms with van der Waals surface area (Å²) in [6.45, 7) is 6.82. The van der Waals surface area contributed by atoms with Gasteiger partial charge in [-0.15, -0.1) is 0 Å². The number of nitrogens with zero attached hydrogens (tertiary/aromatic N) is 1. The maximum Gasteiger partial charge on any atom is 0.110 e. The number of aryl methyl sites for hydroxylation is 1. The molecule has 274 valence electrons. The van der Waals surface area contributed by atoms with Crippen molar-refractivity contribution < 1.29 is 0 Å². The Hall–Kier alpha value is -6.58. The molecule has 1 aliphatic rings. The molecule has 3 heteroatoms. The molecule has 0 bridgehead atoms. The van der Waals surface area contributed by atoms with Crippen molar-refractivity contribution >= 4 is 60.4 Å². The molecule has 1 heterocycles. The molecule has 3 atom stereocenters. The van der Waals surface area contributed by atoms with Gasteiger partial charge < -0.3 is 15.2 Å². The van der Waals surface area contributed by atoms with Gasteiger partial charge in [0, 0.05) is 39.3 Å². The minimum atomic E-state index is -0.0848. The second-order valence-electron chi connectivity index (χ2n) is 15.2. The van der Waals surface area contributed by atoms with Crippen molar-refractivity contribution in [2.45, 2.75) is 33.4 Å². The summed E-state index contributed by atoms with van der Waals surface area (Å²) in [7, 11) is 0. The third-order valence-corrected chi connectivity index (χ3v) is 11.4. The fourth-order valence-corrected chi connectivity index (χ4v) is 8.38. The van der Waals surface area contributed by atoms with Crippen LogP contribution in [-0.2, 0) is 0 Å². The van der Waals surface area contributed by atoms with E-state index >= 15 is 0 Å². The van der Waals surface area contributed by atoms with Crippen molar-refractivity contribution in [1.29, 1.82) is 0 Å². The summed E-state index contributed by atoms with van der Waals surface area (Å²) in [6, 6.07) is 52.9. The van der Waals surface area contributed by atoms with Crippen molar-refractivity contribution in [2.75, 3.05) is 10.6 Å². The van der Waals surface area contributed by atoms with Gasteiger partial charge in [0.05, 0.1) is 11.0 Å². The Balaban J connectivity index is 1.21. The first-order chi connectivity index (χ1) is 27.5. The predicted octanol–water partition coefficient (Wildman–Crippen LogP) is 14.7. The Kier molecular flexibility index (Phi) is 9.59. The number of aromatic nitrogens is 1. The molecule has 8 aromatic rings. The van der Waals surface area contributed by atoms with Gasteiger partial charge in [-0.3, -0.25) is 0 Å². The smallest absolute Gasteiger partial charge is 0.110 e. The lowest BCUT2D eigenvalue weighted by atomic mass is 9.93.